The van der Waals surface area contributed by atoms with E-state index in [1.54, 1.807) is 6.08 Å². The molecule has 3 N–H and O–H groups in total. The van der Waals surface area contributed by atoms with E-state index in [0.717, 1.165) is 25.7 Å². The van der Waals surface area contributed by atoms with Gasteiger partial charge in [-0.05, 0) is 19.3 Å². The van der Waals surface area contributed by atoms with E-state index in [4.69, 9.17) is 0 Å². The van der Waals surface area contributed by atoms with E-state index in [0.29, 0.717) is 6.42 Å². The standard InChI is InChI=1S/C27H53NO3/c1-3-5-7-9-11-12-13-14-15-17-18-20-22-26(30)25(24-29)28-27(31)23-21-19-16-10-8-6-4-2/h20,22,25-26,29-30H,3-19,21,23-24H2,1-2H3,(H,28,31)/b22-20+/t25-,26+/m0/s1. The van der Waals surface area contributed by atoms with Crippen molar-refractivity contribution >= 4 is 5.91 Å². The molecule has 0 saturated carbocycles. The molecule has 0 aromatic rings. The van der Waals surface area contributed by atoms with E-state index < -0.39 is 12.1 Å². The second kappa shape index (κ2) is 23.8. The molecule has 4 heteroatoms. The normalized spacial score (nSPS) is 13.5. The van der Waals surface area contributed by atoms with Crippen molar-refractivity contribution in [1.82, 2.24) is 5.32 Å². The summed E-state index contributed by atoms with van der Waals surface area (Å²) in [6.07, 6.45) is 25.7. The van der Waals surface area contributed by atoms with Gasteiger partial charge in [-0.15, -0.1) is 0 Å². The third-order valence-corrected chi connectivity index (χ3v) is 6.02. The molecule has 0 saturated heterocycles. The number of carbonyl (C=O) groups is 1. The fourth-order valence-electron chi connectivity index (χ4n) is 3.88. The predicted octanol–water partition coefficient (Wildman–Crippen LogP) is 6.83. The Morgan fingerprint density at radius 1 is 0.742 bits per heavy atom. The molecule has 184 valence electrons. The summed E-state index contributed by atoms with van der Waals surface area (Å²) in [6.45, 7) is 4.22. The van der Waals surface area contributed by atoms with Crippen molar-refractivity contribution < 1.29 is 15.0 Å². The lowest BCUT2D eigenvalue weighted by Gasteiger charge is -2.20. The first-order valence-corrected chi connectivity index (χ1v) is 13.4. The highest BCUT2D eigenvalue weighted by Crippen LogP contribution is 2.12. The van der Waals surface area contributed by atoms with Crippen LogP contribution >= 0.6 is 0 Å². The molecular formula is C27H53NO3. The predicted molar refractivity (Wildman–Crippen MR) is 133 cm³/mol. The second-order valence-electron chi connectivity index (χ2n) is 9.12. The summed E-state index contributed by atoms with van der Waals surface area (Å²) in [5.74, 6) is -0.0743. The Labute approximate surface area is 193 Å². The molecule has 4 nitrogen and oxygen atoms in total. The van der Waals surface area contributed by atoms with Gasteiger partial charge in [0, 0.05) is 6.42 Å². The van der Waals surface area contributed by atoms with Gasteiger partial charge in [0.2, 0.25) is 5.91 Å². The van der Waals surface area contributed by atoms with E-state index in [1.165, 1.54) is 89.9 Å². The lowest BCUT2D eigenvalue weighted by molar-refractivity contribution is -0.123. The maximum atomic E-state index is 12.1. The fraction of sp³-hybridized carbons (Fsp3) is 0.889. The average Bonchev–Trinajstić information content (AvgIpc) is 2.77. The Hall–Kier alpha value is -0.870. The van der Waals surface area contributed by atoms with Gasteiger partial charge in [0.15, 0.2) is 0 Å². The summed E-state index contributed by atoms with van der Waals surface area (Å²) in [5, 5.41) is 22.6. The molecule has 0 unspecified atom stereocenters. The molecule has 0 aliphatic rings. The van der Waals surface area contributed by atoms with Gasteiger partial charge in [-0.2, -0.15) is 0 Å². The average molecular weight is 440 g/mol. The molecule has 0 aromatic carbocycles. The molecule has 1 amide bonds. The van der Waals surface area contributed by atoms with Crippen molar-refractivity contribution in [2.24, 2.45) is 0 Å². The van der Waals surface area contributed by atoms with E-state index >= 15 is 0 Å². The van der Waals surface area contributed by atoms with Crippen LogP contribution in [0.5, 0.6) is 0 Å². The highest BCUT2D eigenvalue weighted by Gasteiger charge is 2.17. The van der Waals surface area contributed by atoms with Gasteiger partial charge in [-0.25, -0.2) is 0 Å². The van der Waals surface area contributed by atoms with Crippen LogP contribution < -0.4 is 5.32 Å². The van der Waals surface area contributed by atoms with Gasteiger partial charge >= 0.3 is 0 Å². The van der Waals surface area contributed by atoms with E-state index in [9.17, 15) is 15.0 Å². The number of nitrogens with one attached hydrogen (secondary N) is 1. The smallest absolute Gasteiger partial charge is 0.220 e. The van der Waals surface area contributed by atoms with Crippen LogP contribution in [-0.2, 0) is 4.79 Å². The number of unbranched alkanes of at least 4 members (excludes halogenated alkanes) is 16. The summed E-state index contributed by atoms with van der Waals surface area (Å²) >= 11 is 0. The molecule has 0 radical (unpaired) electrons. The molecule has 2 atom stereocenters. The summed E-state index contributed by atoms with van der Waals surface area (Å²) in [6, 6.07) is -0.610. The minimum Gasteiger partial charge on any atom is -0.394 e. The van der Waals surface area contributed by atoms with Crippen molar-refractivity contribution in [2.45, 2.75) is 148 Å². The number of aliphatic hydroxyl groups is 2. The van der Waals surface area contributed by atoms with Gasteiger partial charge in [-0.1, -0.05) is 122 Å². The summed E-state index contributed by atoms with van der Waals surface area (Å²) in [4.78, 5) is 12.1. The number of allylic oxidation sites excluding steroid dienone is 1. The number of hydrogen-bond donors (Lipinski definition) is 3. The Morgan fingerprint density at radius 2 is 1.19 bits per heavy atom. The Balaban J connectivity index is 3.72. The van der Waals surface area contributed by atoms with E-state index in [1.807, 2.05) is 6.08 Å². The van der Waals surface area contributed by atoms with Crippen LogP contribution in [0.3, 0.4) is 0 Å². The lowest BCUT2D eigenvalue weighted by atomic mass is 10.1. The zero-order valence-electron chi connectivity index (χ0n) is 20.8. The van der Waals surface area contributed by atoms with Crippen molar-refractivity contribution in [2.75, 3.05) is 6.61 Å². The SMILES string of the molecule is CCCCCCCCCCCC/C=C/[C@@H](O)[C@H](CO)NC(=O)CCCCCCCCC. The third kappa shape index (κ3) is 20.8. The first-order chi connectivity index (χ1) is 15.2. The maximum Gasteiger partial charge on any atom is 0.220 e. The van der Waals surface area contributed by atoms with Crippen LogP contribution in [0.2, 0.25) is 0 Å². The zero-order chi connectivity index (χ0) is 23.0. The minimum absolute atomic E-state index is 0.0743. The number of aliphatic hydroxyl groups excluding tert-OH is 2. The summed E-state index contributed by atoms with van der Waals surface area (Å²) in [5.41, 5.74) is 0. The largest absolute Gasteiger partial charge is 0.394 e. The van der Waals surface area contributed by atoms with Gasteiger partial charge in [0.05, 0.1) is 18.8 Å². The van der Waals surface area contributed by atoms with Crippen molar-refractivity contribution in [3.63, 3.8) is 0 Å². The molecule has 0 fully saturated rings. The molecule has 0 bridgehead atoms. The number of rotatable bonds is 23. The first-order valence-electron chi connectivity index (χ1n) is 13.4. The van der Waals surface area contributed by atoms with Crippen molar-refractivity contribution in [1.29, 1.82) is 0 Å². The third-order valence-electron chi connectivity index (χ3n) is 6.02. The van der Waals surface area contributed by atoms with Gasteiger partial charge in [0.25, 0.3) is 0 Å². The highest BCUT2D eigenvalue weighted by molar-refractivity contribution is 5.76. The maximum absolute atomic E-state index is 12.1. The number of carbonyl (C=O) groups excluding carboxylic acids is 1. The number of amides is 1. The molecule has 0 aliphatic carbocycles. The molecule has 0 aromatic heterocycles. The van der Waals surface area contributed by atoms with E-state index in [2.05, 4.69) is 19.2 Å². The summed E-state index contributed by atoms with van der Waals surface area (Å²) in [7, 11) is 0. The Morgan fingerprint density at radius 3 is 1.68 bits per heavy atom. The first kappa shape index (κ1) is 30.1. The molecule has 31 heavy (non-hydrogen) atoms. The quantitative estimate of drug-likeness (QED) is 0.121. The van der Waals surface area contributed by atoms with Crippen LogP contribution in [0.15, 0.2) is 12.2 Å². The molecule has 0 spiro atoms. The summed E-state index contributed by atoms with van der Waals surface area (Å²) < 4.78 is 0. The molecule has 0 heterocycles. The lowest BCUT2D eigenvalue weighted by Crippen LogP contribution is -2.45. The van der Waals surface area contributed by atoms with Crippen LogP contribution in [0, 0.1) is 0 Å². The van der Waals surface area contributed by atoms with Gasteiger partial charge in [0.1, 0.15) is 0 Å². The van der Waals surface area contributed by atoms with Crippen molar-refractivity contribution in [3.8, 4) is 0 Å². The monoisotopic (exact) mass is 439 g/mol. The molecule has 0 aliphatic heterocycles. The van der Waals surface area contributed by atoms with E-state index in [-0.39, 0.29) is 12.5 Å². The minimum atomic E-state index is -0.828. The zero-order valence-corrected chi connectivity index (χ0v) is 20.8. The van der Waals surface area contributed by atoms with Crippen LogP contribution in [0.25, 0.3) is 0 Å². The van der Waals surface area contributed by atoms with Crippen LogP contribution in [-0.4, -0.2) is 34.9 Å². The molecular weight excluding hydrogens is 386 g/mol. The number of hydrogen-bond acceptors (Lipinski definition) is 3. The van der Waals surface area contributed by atoms with Crippen LogP contribution in [0.1, 0.15) is 136 Å². The Kier molecular flexibility index (Phi) is 23.1. The highest BCUT2D eigenvalue weighted by atomic mass is 16.3. The van der Waals surface area contributed by atoms with Crippen molar-refractivity contribution in [3.05, 3.63) is 12.2 Å². The Bertz CT molecular complexity index is 411. The van der Waals surface area contributed by atoms with Crippen LogP contribution in [0.4, 0.5) is 0 Å². The molecule has 0 rings (SSSR count). The van der Waals surface area contributed by atoms with Gasteiger partial charge < -0.3 is 15.5 Å². The van der Waals surface area contributed by atoms with Gasteiger partial charge in [-0.3, -0.25) is 4.79 Å². The fourth-order valence-corrected chi connectivity index (χ4v) is 3.88. The topological polar surface area (TPSA) is 69.6 Å². The second-order valence-corrected chi connectivity index (χ2v) is 9.12.